The van der Waals surface area contributed by atoms with Crippen LogP contribution in [0.15, 0.2) is 12.1 Å². The second-order valence-electron chi connectivity index (χ2n) is 2.93. The Labute approximate surface area is 103 Å². The Morgan fingerprint density at radius 1 is 1.62 bits per heavy atom. The molecule has 1 rings (SSSR count). The molecule has 0 aliphatic carbocycles. The molecule has 0 saturated carbocycles. The highest BCUT2D eigenvalue weighted by Gasteiger charge is 2.08. The van der Waals surface area contributed by atoms with E-state index in [1.807, 2.05) is 0 Å². The second-order valence-corrected chi connectivity index (χ2v) is 5.18. The predicted octanol–water partition coefficient (Wildman–Crippen LogP) is 2.11. The maximum Gasteiger partial charge on any atom is 0.324 e. The molecule has 1 N–H and O–H groups in total. The fourth-order valence-electron chi connectivity index (χ4n) is 1.05. The van der Waals surface area contributed by atoms with E-state index in [9.17, 15) is 10.1 Å². The summed E-state index contributed by atoms with van der Waals surface area (Å²) in [5.41, 5.74) is 0. The van der Waals surface area contributed by atoms with Gasteiger partial charge < -0.3 is 5.32 Å². The van der Waals surface area contributed by atoms with Crippen LogP contribution in [0.5, 0.6) is 0 Å². The zero-order chi connectivity index (χ0) is 11.8. The summed E-state index contributed by atoms with van der Waals surface area (Å²) in [5, 5.41) is 13.8. The average molecular weight is 256 g/mol. The standard InChI is InChI=1S/C10H12N2O2S2/c1-2-6-15-7-5-11-8-9-3-4-10(16-9)12(13)14/h1,3-4,11H,5-8H2. The van der Waals surface area contributed by atoms with Gasteiger partial charge in [0.2, 0.25) is 0 Å². The number of nitrogens with one attached hydrogen (secondary N) is 1. The van der Waals surface area contributed by atoms with Crippen molar-refractivity contribution in [2.45, 2.75) is 6.54 Å². The zero-order valence-electron chi connectivity index (χ0n) is 8.64. The maximum atomic E-state index is 10.4. The molecule has 0 fully saturated rings. The lowest BCUT2D eigenvalue weighted by atomic mass is 10.4. The molecule has 86 valence electrons. The molecular weight excluding hydrogens is 244 g/mol. The van der Waals surface area contributed by atoms with Crippen LogP contribution in [-0.2, 0) is 6.54 Å². The Bertz CT molecular complexity index is 384. The van der Waals surface area contributed by atoms with E-state index in [-0.39, 0.29) is 9.92 Å². The summed E-state index contributed by atoms with van der Waals surface area (Å²) >= 11 is 2.90. The minimum atomic E-state index is -0.364. The van der Waals surface area contributed by atoms with Crippen molar-refractivity contribution < 1.29 is 4.92 Å². The van der Waals surface area contributed by atoms with Crippen LogP contribution in [0.4, 0.5) is 5.00 Å². The van der Waals surface area contributed by atoms with Crippen LogP contribution in [0.25, 0.3) is 0 Å². The molecule has 0 amide bonds. The van der Waals surface area contributed by atoms with Gasteiger partial charge in [0.15, 0.2) is 0 Å². The minimum Gasteiger partial charge on any atom is -0.311 e. The second kappa shape index (κ2) is 7.28. The Balaban J connectivity index is 2.17. The van der Waals surface area contributed by atoms with E-state index in [0.29, 0.717) is 6.54 Å². The van der Waals surface area contributed by atoms with E-state index >= 15 is 0 Å². The Morgan fingerprint density at radius 2 is 2.44 bits per heavy atom. The number of hydrogen-bond donors (Lipinski definition) is 1. The molecule has 0 aliphatic heterocycles. The SMILES string of the molecule is C#CCSCCNCc1ccc([N+](=O)[O-])s1. The molecule has 16 heavy (non-hydrogen) atoms. The zero-order valence-corrected chi connectivity index (χ0v) is 10.3. The van der Waals surface area contributed by atoms with Crippen LogP contribution in [0, 0.1) is 22.5 Å². The van der Waals surface area contributed by atoms with Gasteiger partial charge in [-0.1, -0.05) is 17.3 Å². The molecule has 4 nitrogen and oxygen atoms in total. The van der Waals surface area contributed by atoms with Crippen molar-refractivity contribution in [1.29, 1.82) is 0 Å². The highest BCUT2D eigenvalue weighted by atomic mass is 32.2. The summed E-state index contributed by atoms with van der Waals surface area (Å²) in [5.74, 6) is 4.24. The van der Waals surface area contributed by atoms with E-state index in [2.05, 4.69) is 11.2 Å². The van der Waals surface area contributed by atoms with E-state index in [4.69, 9.17) is 6.42 Å². The van der Waals surface area contributed by atoms with Gasteiger partial charge in [-0.15, -0.1) is 18.2 Å². The van der Waals surface area contributed by atoms with Gasteiger partial charge in [-0.2, -0.15) is 0 Å². The number of thiophene rings is 1. The first kappa shape index (κ1) is 13.0. The van der Waals surface area contributed by atoms with Gasteiger partial charge in [-0.25, -0.2) is 0 Å². The first-order valence-electron chi connectivity index (χ1n) is 4.69. The number of hydrogen-bond acceptors (Lipinski definition) is 5. The first-order chi connectivity index (χ1) is 7.74. The van der Waals surface area contributed by atoms with Gasteiger partial charge in [0.05, 0.1) is 10.7 Å². The molecule has 0 aliphatic rings. The summed E-state index contributed by atoms with van der Waals surface area (Å²) in [6, 6.07) is 3.32. The first-order valence-corrected chi connectivity index (χ1v) is 6.66. The van der Waals surface area contributed by atoms with Crippen LogP contribution < -0.4 is 5.32 Å². The van der Waals surface area contributed by atoms with Crippen LogP contribution in [0.3, 0.4) is 0 Å². The summed E-state index contributed by atoms with van der Waals surface area (Å²) in [4.78, 5) is 11.1. The van der Waals surface area contributed by atoms with Gasteiger partial charge in [-0.05, 0) is 6.07 Å². The summed E-state index contributed by atoms with van der Waals surface area (Å²) in [6.07, 6.45) is 5.11. The van der Waals surface area contributed by atoms with Crippen LogP contribution in [0.1, 0.15) is 4.88 Å². The van der Waals surface area contributed by atoms with Crippen molar-refractivity contribution in [1.82, 2.24) is 5.32 Å². The number of nitrogens with zero attached hydrogens (tertiary/aromatic N) is 1. The molecule has 6 heteroatoms. The fourth-order valence-corrected chi connectivity index (χ4v) is 2.39. The average Bonchev–Trinajstić information content (AvgIpc) is 2.72. The third-order valence-electron chi connectivity index (χ3n) is 1.74. The van der Waals surface area contributed by atoms with Crippen molar-refractivity contribution in [3.63, 3.8) is 0 Å². The monoisotopic (exact) mass is 256 g/mol. The molecule has 0 aromatic carbocycles. The van der Waals surface area contributed by atoms with Crippen molar-refractivity contribution in [2.75, 3.05) is 18.1 Å². The third-order valence-corrected chi connectivity index (χ3v) is 3.64. The molecule has 1 aromatic heterocycles. The summed E-state index contributed by atoms with van der Waals surface area (Å²) in [7, 11) is 0. The smallest absolute Gasteiger partial charge is 0.311 e. The Morgan fingerprint density at radius 3 is 3.06 bits per heavy atom. The lowest BCUT2D eigenvalue weighted by Gasteiger charge is -2.00. The van der Waals surface area contributed by atoms with Crippen LogP contribution in [-0.4, -0.2) is 23.0 Å². The number of terminal acetylenes is 1. The molecular formula is C10H12N2O2S2. The van der Waals surface area contributed by atoms with E-state index in [1.165, 1.54) is 17.4 Å². The van der Waals surface area contributed by atoms with Crippen LogP contribution in [0.2, 0.25) is 0 Å². The fraction of sp³-hybridized carbons (Fsp3) is 0.400. The molecule has 1 heterocycles. The van der Waals surface area contributed by atoms with Gasteiger partial charge >= 0.3 is 5.00 Å². The molecule has 0 radical (unpaired) electrons. The number of thioether (sulfide) groups is 1. The lowest BCUT2D eigenvalue weighted by Crippen LogP contribution is -2.15. The molecule has 1 aromatic rings. The summed E-state index contributed by atoms with van der Waals surface area (Å²) in [6.45, 7) is 1.53. The number of nitro groups is 1. The molecule has 0 spiro atoms. The number of rotatable bonds is 7. The van der Waals surface area contributed by atoms with Crippen molar-refractivity contribution in [3.8, 4) is 12.3 Å². The topological polar surface area (TPSA) is 55.2 Å². The highest BCUT2D eigenvalue weighted by molar-refractivity contribution is 7.99. The van der Waals surface area contributed by atoms with Gasteiger partial charge in [0, 0.05) is 29.8 Å². The van der Waals surface area contributed by atoms with E-state index in [1.54, 1.807) is 17.8 Å². The molecule has 0 unspecified atom stereocenters. The van der Waals surface area contributed by atoms with Gasteiger partial charge in [0.25, 0.3) is 0 Å². The van der Waals surface area contributed by atoms with Gasteiger partial charge in [-0.3, -0.25) is 10.1 Å². The maximum absolute atomic E-state index is 10.4. The molecule has 0 bridgehead atoms. The van der Waals surface area contributed by atoms with Gasteiger partial charge in [0.1, 0.15) is 0 Å². The highest BCUT2D eigenvalue weighted by Crippen LogP contribution is 2.23. The summed E-state index contributed by atoms with van der Waals surface area (Å²) < 4.78 is 0. The van der Waals surface area contributed by atoms with E-state index in [0.717, 1.165) is 22.9 Å². The quantitative estimate of drug-likeness (QED) is 0.351. The molecule has 0 saturated heterocycles. The predicted molar refractivity (Wildman–Crippen MR) is 68.8 cm³/mol. The Kier molecular flexibility index (Phi) is 5.93. The minimum absolute atomic E-state index is 0.193. The molecule has 0 atom stereocenters. The third kappa shape index (κ3) is 4.66. The lowest BCUT2D eigenvalue weighted by molar-refractivity contribution is -0.380. The van der Waals surface area contributed by atoms with E-state index < -0.39 is 0 Å². The van der Waals surface area contributed by atoms with Crippen LogP contribution >= 0.6 is 23.1 Å². The normalized spacial score (nSPS) is 9.94. The van der Waals surface area contributed by atoms with Crippen molar-refractivity contribution in [3.05, 3.63) is 27.1 Å². The van der Waals surface area contributed by atoms with Crippen molar-refractivity contribution >= 4 is 28.1 Å². The Hall–Kier alpha value is -1.03. The largest absolute Gasteiger partial charge is 0.324 e. The van der Waals surface area contributed by atoms with Crippen molar-refractivity contribution in [2.24, 2.45) is 0 Å².